The van der Waals surface area contributed by atoms with Crippen molar-refractivity contribution in [1.29, 1.82) is 0 Å². The lowest BCUT2D eigenvalue weighted by atomic mass is 9.84. The van der Waals surface area contributed by atoms with Crippen molar-refractivity contribution < 1.29 is 4.79 Å². The van der Waals surface area contributed by atoms with Gasteiger partial charge in [0.05, 0.1) is 5.41 Å². The summed E-state index contributed by atoms with van der Waals surface area (Å²) in [6, 6.07) is 0.470. The van der Waals surface area contributed by atoms with Gasteiger partial charge in [-0.2, -0.15) is 0 Å². The van der Waals surface area contributed by atoms with Gasteiger partial charge < -0.3 is 11.1 Å². The second kappa shape index (κ2) is 5.57. The Balaban J connectivity index is 1.80. The van der Waals surface area contributed by atoms with Crippen LogP contribution in [0.15, 0.2) is 0 Å². The standard InChI is InChI=1S/C14H27N3O/c1-11(17-8-3-4-9-17)10-16-13(18)14(2)7-5-6-12(14)15/h11-12H,3-10,15H2,1-2H3,(H,16,18). The zero-order valence-corrected chi connectivity index (χ0v) is 11.7. The number of carbonyl (C=O) groups is 1. The largest absolute Gasteiger partial charge is 0.354 e. The number of nitrogens with zero attached hydrogens (tertiary/aromatic N) is 1. The fourth-order valence-corrected chi connectivity index (χ4v) is 3.23. The van der Waals surface area contributed by atoms with E-state index in [9.17, 15) is 4.79 Å². The van der Waals surface area contributed by atoms with E-state index in [4.69, 9.17) is 5.73 Å². The minimum atomic E-state index is -0.343. The van der Waals surface area contributed by atoms with Crippen LogP contribution in [0.1, 0.15) is 46.0 Å². The molecule has 0 aromatic heterocycles. The van der Waals surface area contributed by atoms with Crippen LogP contribution >= 0.6 is 0 Å². The molecule has 104 valence electrons. The van der Waals surface area contributed by atoms with Crippen molar-refractivity contribution >= 4 is 5.91 Å². The Labute approximate surface area is 110 Å². The molecular weight excluding hydrogens is 226 g/mol. The number of hydrogen-bond acceptors (Lipinski definition) is 3. The Hall–Kier alpha value is -0.610. The Kier molecular flexibility index (Phi) is 4.28. The molecule has 0 radical (unpaired) electrons. The minimum absolute atomic E-state index is 0.0274. The van der Waals surface area contributed by atoms with Crippen molar-refractivity contribution in [2.75, 3.05) is 19.6 Å². The van der Waals surface area contributed by atoms with E-state index in [1.54, 1.807) is 0 Å². The van der Waals surface area contributed by atoms with Crippen LogP contribution in [0, 0.1) is 5.41 Å². The van der Waals surface area contributed by atoms with Crippen LogP contribution in [0.3, 0.4) is 0 Å². The van der Waals surface area contributed by atoms with E-state index >= 15 is 0 Å². The molecule has 18 heavy (non-hydrogen) atoms. The first-order valence-corrected chi connectivity index (χ1v) is 7.32. The first-order chi connectivity index (χ1) is 8.54. The molecule has 2 rings (SSSR count). The van der Waals surface area contributed by atoms with E-state index in [1.807, 2.05) is 6.92 Å². The van der Waals surface area contributed by atoms with Gasteiger partial charge in [0.2, 0.25) is 5.91 Å². The highest BCUT2D eigenvalue weighted by Crippen LogP contribution is 2.36. The predicted octanol–water partition coefficient (Wildman–Crippen LogP) is 1.10. The third-order valence-electron chi connectivity index (χ3n) is 4.87. The van der Waals surface area contributed by atoms with Gasteiger partial charge in [-0.25, -0.2) is 0 Å². The molecule has 1 amide bonds. The fourth-order valence-electron chi connectivity index (χ4n) is 3.23. The Bertz CT molecular complexity index is 301. The van der Waals surface area contributed by atoms with Gasteiger partial charge in [0, 0.05) is 18.6 Å². The van der Waals surface area contributed by atoms with Crippen LogP contribution in [0.2, 0.25) is 0 Å². The van der Waals surface area contributed by atoms with E-state index in [0.29, 0.717) is 6.04 Å². The maximum Gasteiger partial charge on any atom is 0.227 e. The lowest BCUT2D eigenvalue weighted by Gasteiger charge is -2.30. The van der Waals surface area contributed by atoms with E-state index < -0.39 is 0 Å². The lowest BCUT2D eigenvalue weighted by Crippen LogP contribution is -2.50. The van der Waals surface area contributed by atoms with Gasteiger partial charge in [0.15, 0.2) is 0 Å². The van der Waals surface area contributed by atoms with Gasteiger partial charge in [0.25, 0.3) is 0 Å². The maximum atomic E-state index is 12.3. The molecule has 0 aromatic carbocycles. The van der Waals surface area contributed by atoms with Crippen LogP contribution in [-0.4, -0.2) is 42.5 Å². The number of hydrogen-bond donors (Lipinski definition) is 2. The first kappa shape index (κ1) is 13.8. The minimum Gasteiger partial charge on any atom is -0.354 e. The monoisotopic (exact) mass is 253 g/mol. The average Bonchev–Trinajstić information content (AvgIpc) is 2.98. The summed E-state index contributed by atoms with van der Waals surface area (Å²) in [5.74, 6) is 0.151. The van der Waals surface area contributed by atoms with Gasteiger partial charge >= 0.3 is 0 Å². The number of rotatable bonds is 4. The maximum absolute atomic E-state index is 12.3. The van der Waals surface area contributed by atoms with Crippen molar-refractivity contribution in [1.82, 2.24) is 10.2 Å². The van der Waals surface area contributed by atoms with Crippen LogP contribution in [-0.2, 0) is 4.79 Å². The summed E-state index contributed by atoms with van der Waals surface area (Å²) in [6.07, 6.45) is 5.57. The highest BCUT2D eigenvalue weighted by molar-refractivity contribution is 5.83. The zero-order valence-electron chi connectivity index (χ0n) is 11.7. The highest BCUT2D eigenvalue weighted by Gasteiger charge is 2.42. The molecule has 1 heterocycles. The molecule has 1 saturated carbocycles. The fraction of sp³-hybridized carbons (Fsp3) is 0.929. The molecule has 3 unspecified atom stereocenters. The number of nitrogens with two attached hydrogens (primary N) is 1. The summed E-state index contributed by atoms with van der Waals surface area (Å²) in [5.41, 5.74) is 5.73. The van der Waals surface area contributed by atoms with Gasteiger partial charge in [-0.05, 0) is 52.6 Å². The quantitative estimate of drug-likeness (QED) is 0.789. The molecule has 4 nitrogen and oxygen atoms in total. The molecule has 4 heteroatoms. The number of likely N-dealkylation sites (tertiary alicyclic amines) is 1. The summed E-state index contributed by atoms with van der Waals surface area (Å²) in [4.78, 5) is 14.7. The summed E-state index contributed by atoms with van der Waals surface area (Å²) in [7, 11) is 0. The summed E-state index contributed by atoms with van der Waals surface area (Å²) >= 11 is 0. The van der Waals surface area contributed by atoms with Gasteiger partial charge in [-0.3, -0.25) is 9.69 Å². The van der Waals surface area contributed by atoms with Crippen molar-refractivity contribution in [3.8, 4) is 0 Å². The number of amides is 1. The molecule has 1 saturated heterocycles. The predicted molar refractivity (Wildman–Crippen MR) is 73.2 cm³/mol. The summed E-state index contributed by atoms with van der Waals surface area (Å²) in [5, 5.41) is 3.11. The molecule has 3 atom stereocenters. The van der Waals surface area contributed by atoms with Crippen LogP contribution in [0.25, 0.3) is 0 Å². The third-order valence-corrected chi connectivity index (χ3v) is 4.87. The molecule has 0 spiro atoms. The third kappa shape index (κ3) is 2.69. The van der Waals surface area contributed by atoms with Crippen molar-refractivity contribution in [3.63, 3.8) is 0 Å². The summed E-state index contributed by atoms with van der Waals surface area (Å²) < 4.78 is 0. The van der Waals surface area contributed by atoms with Crippen LogP contribution in [0.4, 0.5) is 0 Å². The smallest absolute Gasteiger partial charge is 0.227 e. The van der Waals surface area contributed by atoms with Crippen molar-refractivity contribution in [3.05, 3.63) is 0 Å². The Morgan fingerprint density at radius 2 is 2.11 bits per heavy atom. The summed E-state index contributed by atoms with van der Waals surface area (Å²) in [6.45, 7) is 7.31. The second-order valence-corrected chi connectivity index (χ2v) is 6.22. The van der Waals surface area contributed by atoms with Gasteiger partial charge in [0.1, 0.15) is 0 Å². The van der Waals surface area contributed by atoms with Gasteiger partial charge in [-0.15, -0.1) is 0 Å². The molecular formula is C14H27N3O. The molecule has 1 aliphatic heterocycles. The lowest BCUT2D eigenvalue weighted by molar-refractivity contribution is -0.130. The topological polar surface area (TPSA) is 58.4 Å². The SMILES string of the molecule is CC(CNC(=O)C1(C)CCCC1N)N1CCCC1. The average molecular weight is 253 g/mol. The highest BCUT2D eigenvalue weighted by atomic mass is 16.2. The second-order valence-electron chi connectivity index (χ2n) is 6.22. The molecule has 3 N–H and O–H groups in total. The van der Waals surface area contributed by atoms with Gasteiger partial charge in [-0.1, -0.05) is 6.42 Å². The van der Waals surface area contributed by atoms with Crippen LogP contribution in [0.5, 0.6) is 0 Å². The normalized spacial score (nSPS) is 34.7. The van der Waals surface area contributed by atoms with E-state index in [-0.39, 0.29) is 17.4 Å². The molecule has 1 aliphatic carbocycles. The number of nitrogens with one attached hydrogen (secondary N) is 1. The Morgan fingerprint density at radius 1 is 1.44 bits per heavy atom. The molecule has 0 aromatic rings. The van der Waals surface area contributed by atoms with E-state index in [2.05, 4.69) is 17.1 Å². The van der Waals surface area contributed by atoms with Crippen molar-refractivity contribution in [2.24, 2.45) is 11.1 Å². The first-order valence-electron chi connectivity index (χ1n) is 7.32. The molecule has 0 bridgehead atoms. The zero-order chi connectivity index (χ0) is 13.2. The van der Waals surface area contributed by atoms with E-state index in [1.165, 1.54) is 25.9 Å². The Morgan fingerprint density at radius 3 is 2.67 bits per heavy atom. The molecule has 2 aliphatic rings. The van der Waals surface area contributed by atoms with E-state index in [0.717, 1.165) is 25.8 Å². The molecule has 2 fully saturated rings. The number of carbonyl (C=O) groups excluding carboxylic acids is 1. The van der Waals surface area contributed by atoms with Crippen LogP contribution < -0.4 is 11.1 Å². The van der Waals surface area contributed by atoms with Crippen molar-refractivity contribution in [2.45, 2.75) is 58.0 Å².